The fourth-order valence-electron chi connectivity index (χ4n) is 4.36. The average Bonchev–Trinajstić information content (AvgIpc) is 3.24. The van der Waals surface area contributed by atoms with Crippen molar-refractivity contribution >= 4 is 17.2 Å². The van der Waals surface area contributed by atoms with Crippen LogP contribution in [0.4, 0.5) is 0 Å². The molecule has 4 heteroatoms. The number of carbonyl (C=O) groups excluding carboxylic acids is 1. The van der Waals surface area contributed by atoms with E-state index in [4.69, 9.17) is 0 Å². The minimum atomic E-state index is 0.188. The van der Waals surface area contributed by atoms with Crippen molar-refractivity contribution in [2.75, 3.05) is 26.7 Å². The first-order chi connectivity index (χ1) is 11.2. The summed E-state index contributed by atoms with van der Waals surface area (Å²) in [5.41, 5.74) is 2.49. The Balaban J connectivity index is 1.62. The van der Waals surface area contributed by atoms with E-state index in [1.807, 2.05) is 16.8 Å². The standard InChI is InChI=1S/C19H22N2OS/c1-20-10-8-19(16-5-3-2-4-6-16)9-11-21(13-17(19)20)18(22)15-7-12-23-14-15/h2-7,12,14,17H,8-11,13H2,1H3/t17-,19+/m0/s1. The van der Waals surface area contributed by atoms with Crippen molar-refractivity contribution in [3.8, 4) is 0 Å². The number of benzene rings is 1. The second-order valence-electron chi connectivity index (χ2n) is 6.78. The molecule has 3 heterocycles. The van der Waals surface area contributed by atoms with Crippen molar-refractivity contribution in [3.63, 3.8) is 0 Å². The van der Waals surface area contributed by atoms with Gasteiger partial charge >= 0.3 is 0 Å². The Morgan fingerprint density at radius 1 is 1.17 bits per heavy atom. The van der Waals surface area contributed by atoms with E-state index in [1.54, 1.807) is 11.3 Å². The van der Waals surface area contributed by atoms with Crippen LogP contribution in [-0.2, 0) is 5.41 Å². The van der Waals surface area contributed by atoms with Gasteiger partial charge in [-0.15, -0.1) is 0 Å². The predicted octanol–water partition coefficient (Wildman–Crippen LogP) is 3.24. The van der Waals surface area contributed by atoms with E-state index in [2.05, 4.69) is 47.2 Å². The van der Waals surface area contributed by atoms with Crippen LogP contribution < -0.4 is 0 Å². The van der Waals surface area contributed by atoms with Gasteiger partial charge in [-0.2, -0.15) is 11.3 Å². The van der Waals surface area contributed by atoms with Crippen LogP contribution in [0.15, 0.2) is 47.2 Å². The molecule has 0 unspecified atom stereocenters. The van der Waals surface area contributed by atoms with Crippen LogP contribution in [0.3, 0.4) is 0 Å². The van der Waals surface area contributed by atoms with Gasteiger partial charge in [0.05, 0.1) is 5.56 Å². The molecular formula is C19H22N2OS. The normalized spacial score (nSPS) is 27.9. The van der Waals surface area contributed by atoms with Gasteiger partial charge in [0.2, 0.25) is 0 Å². The molecule has 0 N–H and O–H groups in total. The number of likely N-dealkylation sites (tertiary alicyclic amines) is 2. The van der Waals surface area contributed by atoms with Gasteiger partial charge in [0.1, 0.15) is 0 Å². The number of thiophene rings is 1. The van der Waals surface area contributed by atoms with Gasteiger partial charge in [0, 0.05) is 29.9 Å². The molecule has 0 aliphatic carbocycles. The maximum absolute atomic E-state index is 12.7. The molecule has 2 aliphatic heterocycles. The average molecular weight is 326 g/mol. The van der Waals surface area contributed by atoms with Gasteiger partial charge in [-0.1, -0.05) is 30.3 Å². The molecule has 0 bridgehead atoms. The Kier molecular flexibility index (Phi) is 3.74. The fraction of sp³-hybridized carbons (Fsp3) is 0.421. The lowest BCUT2D eigenvalue weighted by atomic mass is 9.69. The molecule has 0 radical (unpaired) electrons. The molecule has 0 saturated carbocycles. The highest BCUT2D eigenvalue weighted by Gasteiger charge is 2.50. The molecule has 2 aromatic rings. The Labute approximate surface area is 141 Å². The zero-order valence-corrected chi connectivity index (χ0v) is 14.3. The van der Waals surface area contributed by atoms with Crippen LogP contribution in [0.5, 0.6) is 0 Å². The molecular weight excluding hydrogens is 304 g/mol. The van der Waals surface area contributed by atoms with E-state index in [9.17, 15) is 4.79 Å². The molecule has 2 aliphatic rings. The summed E-state index contributed by atoms with van der Waals surface area (Å²) in [5, 5.41) is 3.94. The van der Waals surface area contributed by atoms with Crippen LogP contribution in [0, 0.1) is 0 Å². The summed E-state index contributed by atoms with van der Waals surface area (Å²) >= 11 is 1.59. The first-order valence-electron chi connectivity index (χ1n) is 8.28. The number of carbonyl (C=O) groups is 1. The third-order valence-electron chi connectivity index (χ3n) is 5.71. The molecule has 1 aromatic carbocycles. The maximum atomic E-state index is 12.7. The van der Waals surface area contributed by atoms with Gasteiger partial charge in [-0.3, -0.25) is 4.79 Å². The summed E-state index contributed by atoms with van der Waals surface area (Å²) < 4.78 is 0. The first-order valence-corrected chi connectivity index (χ1v) is 9.22. The number of fused-ring (bicyclic) bond motifs is 1. The van der Waals surface area contributed by atoms with E-state index in [0.717, 1.165) is 31.6 Å². The lowest BCUT2D eigenvalue weighted by Crippen LogP contribution is -2.56. The SMILES string of the molecule is CN1CC[C@]2(c3ccccc3)CCN(C(=O)c3ccsc3)C[C@H]12. The number of hydrogen-bond donors (Lipinski definition) is 0. The summed E-state index contributed by atoms with van der Waals surface area (Å²) in [6, 6.07) is 13.3. The summed E-state index contributed by atoms with van der Waals surface area (Å²) in [7, 11) is 2.20. The Bertz CT molecular complexity index is 685. The Hall–Kier alpha value is -1.65. The topological polar surface area (TPSA) is 23.6 Å². The van der Waals surface area contributed by atoms with Gasteiger partial charge < -0.3 is 9.80 Å². The van der Waals surface area contributed by atoms with Crippen LogP contribution in [0.2, 0.25) is 0 Å². The third-order valence-corrected chi connectivity index (χ3v) is 6.39. The molecule has 2 fully saturated rings. The van der Waals surface area contributed by atoms with Gasteiger partial charge in [0.15, 0.2) is 0 Å². The highest BCUT2D eigenvalue weighted by molar-refractivity contribution is 7.08. The zero-order valence-electron chi connectivity index (χ0n) is 13.4. The molecule has 120 valence electrons. The predicted molar refractivity (Wildman–Crippen MR) is 94.0 cm³/mol. The minimum Gasteiger partial charge on any atom is -0.337 e. The summed E-state index contributed by atoms with van der Waals surface area (Å²) in [6.07, 6.45) is 2.25. The van der Waals surface area contributed by atoms with Crippen molar-refractivity contribution < 1.29 is 4.79 Å². The largest absolute Gasteiger partial charge is 0.337 e. The summed E-state index contributed by atoms with van der Waals surface area (Å²) in [4.78, 5) is 17.2. The molecule has 4 rings (SSSR count). The molecule has 3 nitrogen and oxygen atoms in total. The van der Waals surface area contributed by atoms with Crippen LogP contribution in [-0.4, -0.2) is 48.4 Å². The zero-order chi connectivity index (χ0) is 15.9. The smallest absolute Gasteiger partial charge is 0.254 e. The first kappa shape index (κ1) is 14.9. The van der Waals surface area contributed by atoms with Crippen molar-refractivity contribution in [1.82, 2.24) is 9.80 Å². The number of rotatable bonds is 2. The molecule has 0 spiro atoms. The highest BCUT2D eigenvalue weighted by atomic mass is 32.1. The van der Waals surface area contributed by atoms with Gasteiger partial charge in [0.25, 0.3) is 5.91 Å². The van der Waals surface area contributed by atoms with Crippen molar-refractivity contribution in [2.24, 2.45) is 0 Å². The lowest BCUT2D eigenvalue weighted by molar-refractivity contribution is 0.0554. The lowest BCUT2D eigenvalue weighted by Gasteiger charge is -2.46. The van der Waals surface area contributed by atoms with E-state index >= 15 is 0 Å². The third kappa shape index (κ3) is 2.41. The molecule has 1 aromatic heterocycles. The Morgan fingerprint density at radius 2 is 1.96 bits per heavy atom. The molecule has 2 atom stereocenters. The van der Waals surface area contributed by atoms with E-state index in [-0.39, 0.29) is 11.3 Å². The number of piperidine rings is 1. The maximum Gasteiger partial charge on any atom is 0.254 e. The highest BCUT2D eigenvalue weighted by Crippen LogP contribution is 2.45. The second kappa shape index (κ2) is 5.77. The van der Waals surface area contributed by atoms with E-state index in [1.165, 1.54) is 12.0 Å². The minimum absolute atomic E-state index is 0.188. The number of hydrogen-bond acceptors (Lipinski definition) is 3. The van der Waals surface area contributed by atoms with Crippen molar-refractivity contribution in [3.05, 3.63) is 58.3 Å². The molecule has 2 saturated heterocycles. The second-order valence-corrected chi connectivity index (χ2v) is 7.56. The van der Waals surface area contributed by atoms with Crippen LogP contribution in [0.25, 0.3) is 0 Å². The Morgan fingerprint density at radius 3 is 2.70 bits per heavy atom. The van der Waals surface area contributed by atoms with Crippen molar-refractivity contribution in [2.45, 2.75) is 24.3 Å². The molecule has 1 amide bonds. The van der Waals surface area contributed by atoms with Crippen LogP contribution in [0.1, 0.15) is 28.8 Å². The molecule has 23 heavy (non-hydrogen) atoms. The quantitative estimate of drug-likeness (QED) is 0.846. The van der Waals surface area contributed by atoms with Crippen molar-refractivity contribution in [1.29, 1.82) is 0 Å². The number of nitrogens with zero attached hydrogens (tertiary/aromatic N) is 2. The van der Waals surface area contributed by atoms with E-state index < -0.39 is 0 Å². The van der Waals surface area contributed by atoms with E-state index in [0.29, 0.717) is 6.04 Å². The number of likely N-dealkylation sites (N-methyl/N-ethyl adjacent to an activating group) is 1. The van der Waals surface area contributed by atoms with Gasteiger partial charge in [-0.05, 0) is 43.4 Å². The van der Waals surface area contributed by atoms with Gasteiger partial charge in [-0.25, -0.2) is 0 Å². The summed E-state index contributed by atoms with van der Waals surface area (Å²) in [5.74, 6) is 0.188. The monoisotopic (exact) mass is 326 g/mol. The number of amides is 1. The van der Waals surface area contributed by atoms with Crippen LogP contribution >= 0.6 is 11.3 Å². The fourth-order valence-corrected chi connectivity index (χ4v) is 4.99. The summed E-state index contributed by atoms with van der Waals surface area (Å²) in [6.45, 7) is 2.80.